The molecule has 0 fully saturated rings. The molecule has 132 valence electrons. The van der Waals surface area contributed by atoms with Crippen LogP contribution in [-0.2, 0) is 4.79 Å². The highest BCUT2D eigenvalue weighted by molar-refractivity contribution is 6.00. The van der Waals surface area contributed by atoms with Crippen molar-refractivity contribution in [2.45, 2.75) is 25.6 Å². The van der Waals surface area contributed by atoms with E-state index < -0.39 is 30.5 Å². The lowest BCUT2D eigenvalue weighted by atomic mass is 10.1. The normalized spacial score (nSPS) is 12.4. The predicted molar refractivity (Wildman–Crippen MR) is 78.6 cm³/mol. The third kappa shape index (κ3) is 5.56. The number of benzene rings is 1. The number of halogens is 3. The second kappa shape index (κ2) is 7.80. The topological polar surface area (TPSA) is 86.7 Å². The Morgan fingerprint density at radius 2 is 1.83 bits per heavy atom. The van der Waals surface area contributed by atoms with Crippen LogP contribution in [0.1, 0.15) is 34.1 Å². The Bertz CT molecular complexity index is 631. The molecule has 0 spiro atoms. The van der Waals surface area contributed by atoms with E-state index in [0.717, 1.165) is 0 Å². The lowest BCUT2D eigenvalue weighted by molar-refractivity contribution is -0.157. The summed E-state index contributed by atoms with van der Waals surface area (Å²) >= 11 is 0. The standard InChI is InChI=1S/C15H17F3N2O4/c1-3-20(2)13(22)10-6-4-5-9(7-10)12(21)19-11(14(23)24)8-15(16,17)18/h4-7,11H,3,8H2,1-2H3,(H,19,21)(H,23,24). The number of hydrogen-bond donors (Lipinski definition) is 2. The Hall–Kier alpha value is -2.58. The lowest BCUT2D eigenvalue weighted by Crippen LogP contribution is -2.43. The lowest BCUT2D eigenvalue weighted by Gasteiger charge is -2.17. The van der Waals surface area contributed by atoms with Crippen LogP contribution in [-0.4, -0.2) is 53.6 Å². The first kappa shape index (κ1) is 19.5. The number of carboxylic acids is 1. The smallest absolute Gasteiger partial charge is 0.391 e. The van der Waals surface area contributed by atoms with Crippen LogP contribution in [0.4, 0.5) is 13.2 Å². The number of hydrogen-bond acceptors (Lipinski definition) is 3. The summed E-state index contributed by atoms with van der Waals surface area (Å²) in [6.07, 6.45) is -6.43. The van der Waals surface area contributed by atoms with E-state index in [9.17, 15) is 27.6 Å². The summed E-state index contributed by atoms with van der Waals surface area (Å²) in [7, 11) is 1.55. The number of aliphatic carboxylic acids is 1. The van der Waals surface area contributed by atoms with Crippen molar-refractivity contribution in [3.05, 3.63) is 35.4 Å². The zero-order valence-electron chi connectivity index (χ0n) is 13.1. The molecule has 0 aromatic heterocycles. The summed E-state index contributed by atoms with van der Waals surface area (Å²) in [6, 6.07) is 3.23. The van der Waals surface area contributed by atoms with Gasteiger partial charge in [0.1, 0.15) is 6.04 Å². The van der Waals surface area contributed by atoms with E-state index in [2.05, 4.69) is 0 Å². The van der Waals surface area contributed by atoms with E-state index in [1.807, 2.05) is 5.32 Å². The molecule has 0 aliphatic rings. The fourth-order valence-corrected chi connectivity index (χ4v) is 1.83. The summed E-state index contributed by atoms with van der Waals surface area (Å²) in [5.74, 6) is -3.16. The molecule has 24 heavy (non-hydrogen) atoms. The molecule has 1 rings (SSSR count). The maximum atomic E-state index is 12.4. The highest BCUT2D eigenvalue weighted by Gasteiger charge is 2.36. The molecular weight excluding hydrogens is 329 g/mol. The number of nitrogens with zero attached hydrogens (tertiary/aromatic N) is 1. The molecule has 0 heterocycles. The molecule has 0 aliphatic carbocycles. The van der Waals surface area contributed by atoms with Gasteiger partial charge in [0.2, 0.25) is 0 Å². The number of rotatable bonds is 6. The fraction of sp³-hybridized carbons (Fsp3) is 0.400. The summed E-state index contributed by atoms with van der Waals surface area (Å²) < 4.78 is 37.1. The Labute approximate surface area is 136 Å². The van der Waals surface area contributed by atoms with Crippen molar-refractivity contribution in [2.75, 3.05) is 13.6 Å². The van der Waals surface area contributed by atoms with Gasteiger partial charge in [-0.1, -0.05) is 6.07 Å². The van der Waals surface area contributed by atoms with Crippen molar-refractivity contribution in [1.82, 2.24) is 10.2 Å². The van der Waals surface area contributed by atoms with E-state index in [0.29, 0.717) is 6.54 Å². The molecule has 0 saturated carbocycles. The van der Waals surface area contributed by atoms with Gasteiger partial charge in [0.15, 0.2) is 0 Å². The SMILES string of the molecule is CCN(C)C(=O)c1cccc(C(=O)NC(CC(F)(F)F)C(=O)O)c1. The first-order valence-corrected chi connectivity index (χ1v) is 7.01. The van der Waals surface area contributed by atoms with Gasteiger partial charge in [0.05, 0.1) is 6.42 Å². The van der Waals surface area contributed by atoms with Gasteiger partial charge in [-0.05, 0) is 25.1 Å². The Morgan fingerprint density at radius 3 is 2.33 bits per heavy atom. The average Bonchev–Trinajstić information content (AvgIpc) is 2.51. The molecule has 6 nitrogen and oxygen atoms in total. The van der Waals surface area contributed by atoms with Crippen molar-refractivity contribution in [3.8, 4) is 0 Å². The molecule has 0 bridgehead atoms. The van der Waals surface area contributed by atoms with Crippen molar-refractivity contribution < 1.29 is 32.7 Å². The molecule has 0 radical (unpaired) electrons. The van der Waals surface area contributed by atoms with Crippen LogP contribution >= 0.6 is 0 Å². The van der Waals surface area contributed by atoms with Gasteiger partial charge in [-0.25, -0.2) is 4.79 Å². The molecular formula is C15H17F3N2O4. The van der Waals surface area contributed by atoms with E-state index in [1.165, 1.54) is 29.2 Å². The van der Waals surface area contributed by atoms with Crippen molar-refractivity contribution in [3.63, 3.8) is 0 Å². The van der Waals surface area contributed by atoms with Crippen LogP contribution in [0.3, 0.4) is 0 Å². The molecule has 0 saturated heterocycles. The van der Waals surface area contributed by atoms with E-state index in [-0.39, 0.29) is 17.0 Å². The number of carbonyl (C=O) groups excluding carboxylic acids is 2. The minimum atomic E-state index is -4.74. The summed E-state index contributed by atoms with van der Waals surface area (Å²) in [5.41, 5.74) is 0.0773. The molecule has 1 unspecified atom stereocenters. The second-order valence-electron chi connectivity index (χ2n) is 5.08. The summed E-state index contributed by atoms with van der Waals surface area (Å²) in [5, 5.41) is 10.6. The Balaban J connectivity index is 2.95. The zero-order valence-corrected chi connectivity index (χ0v) is 13.1. The van der Waals surface area contributed by atoms with Crippen molar-refractivity contribution in [1.29, 1.82) is 0 Å². The third-order valence-electron chi connectivity index (χ3n) is 3.23. The largest absolute Gasteiger partial charge is 0.480 e. The summed E-state index contributed by atoms with van der Waals surface area (Å²) in [4.78, 5) is 36.3. The van der Waals surface area contributed by atoms with Gasteiger partial charge in [0.25, 0.3) is 11.8 Å². The van der Waals surface area contributed by atoms with Crippen LogP contribution in [0, 0.1) is 0 Å². The van der Waals surface area contributed by atoms with Crippen LogP contribution in [0.2, 0.25) is 0 Å². The van der Waals surface area contributed by atoms with Gasteiger partial charge in [-0.2, -0.15) is 13.2 Å². The maximum absolute atomic E-state index is 12.4. The molecule has 9 heteroatoms. The predicted octanol–water partition coefficient (Wildman–Crippen LogP) is 1.91. The van der Waals surface area contributed by atoms with Gasteiger partial charge in [-0.3, -0.25) is 9.59 Å². The fourth-order valence-electron chi connectivity index (χ4n) is 1.83. The minimum Gasteiger partial charge on any atom is -0.480 e. The van der Waals surface area contributed by atoms with E-state index in [1.54, 1.807) is 14.0 Å². The highest BCUT2D eigenvalue weighted by atomic mass is 19.4. The monoisotopic (exact) mass is 346 g/mol. The Morgan fingerprint density at radius 1 is 1.25 bits per heavy atom. The van der Waals surface area contributed by atoms with Gasteiger partial charge < -0.3 is 15.3 Å². The number of amides is 2. The molecule has 2 N–H and O–H groups in total. The number of nitrogens with one attached hydrogen (secondary N) is 1. The zero-order chi connectivity index (χ0) is 18.5. The number of carbonyl (C=O) groups is 3. The molecule has 1 aromatic carbocycles. The first-order chi connectivity index (χ1) is 11.0. The van der Waals surface area contributed by atoms with Crippen molar-refractivity contribution >= 4 is 17.8 Å². The third-order valence-corrected chi connectivity index (χ3v) is 3.23. The summed E-state index contributed by atoms with van der Waals surface area (Å²) in [6.45, 7) is 2.19. The van der Waals surface area contributed by atoms with Gasteiger partial charge in [0, 0.05) is 24.7 Å². The van der Waals surface area contributed by atoms with Crippen LogP contribution < -0.4 is 5.32 Å². The minimum absolute atomic E-state index is 0.0984. The van der Waals surface area contributed by atoms with Crippen LogP contribution in [0.5, 0.6) is 0 Å². The Kier molecular flexibility index (Phi) is 6.33. The van der Waals surface area contributed by atoms with Gasteiger partial charge >= 0.3 is 12.1 Å². The van der Waals surface area contributed by atoms with E-state index >= 15 is 0 Å². The maximum Gasteiger partial charge on any atom is 0.391 e. The molecule has 2 amide bonds. The molecule has 1 atom stereocenters. The second-order valence-corrected chi connectivity index (χ2v) is 5.08. The highest BCUT2D eigenvalue weighted by Crippen LogP contribution is 2.22. The van der Waals surface area contributed by atoms with Crippen molar-refractivity contribution in [2.24, 2.45) is 0 Å². The molecule has 0 aliphatic heterocycles. The van der Waals surface area contributed by atoms with E-state index in [4.69, 9.17) is 5.11 Å². The first-order valence-electron chi connectivity index (χ1n) is 7.01. The number of alkyl halides is 3. The number of carboxylic acid groups (broad SMARTS) is 1. The van der Waals surface area contributed by atoms with Crippen LogP contribution in [0.15, 0.2) is 24.3 Å². The van der Waals surface area contributed by atoms with Crippen LogP contribution in [0.25, 0.3) is 0 Å². The van der Waals surface area contributed by atoms with Gasteiger partial charge in [-0.15, -0.1) is 0 Å². The molecule has 1 aromatic rings. The average molecular weight is 346 g/mol. The quantitative estimate of drug-likeness (QED) is 0.824.